The van der Waals surface area contributed by atoms with E-state index in [1.54, 1.807) is 6.08 Å². The van der Waals surface area contributed by atoms with Gasteiger partial charge in [-0.2, -0.15) is 13.2 Å². The summed E-state index contributed by atoms with van der Waals surface area (Å²) in [5, 5.41) is 0.718. The second-order valence-corrected chi connectivity index (χ2v) is 12.7. The van der Waals surface area contributed by atoms with Crippen molar-refractivity contribution in [2.75, 3.05) is 44.7 Å². The Morgan fingerprint density at radius 1 is 1.12 bits per heavy atom. The van der Waals surface area contributed by atoms with Gasteiger partial charge in [0.15, 0.2) is 12.4 Å². The number of aliphatic imine (C=N–C) groups is 1. The first-order valence-electron chi connectivity index (χ1n) is 14.9. The zero-order valence-corrected chi connectivity index (χ0v) is 24.2. The molecule has 2 aromatic carbocycles. The average molecular weight is 576 g/mol. The van der Waals surface area contributed by atoms with E-state index in [-0.39, 0.29) is 11.7 Å². The van der Waals surface area contributed by atoms with E-state index in [2.05, 4.69) is 28.4 Å². The predicted octanol–water partition coefficient (Wildman–Crippen LogP) is 6.92. The third kappa shape index (κ3) is 4.66. The van der Waals surface area contributed by atoms with Crippen LogP contribution in [0.25, 0.3) is 28.1 Å². The maximum absolute atomic E-state index is 13.8. The number of rotatable bonds is 6. The standard InChI is InChI=1S/C33H36F3N5O/c1-4-21-14-24-28(29(42-19-33(34,35)36)27(21)26-20(2)6-7-23-15-37-16-25(23)26)38-30(22-8-12-40(3)13-9-22)39-31(24)41-17-32(18-41)10-5-11-32/h4,6-7,14,16,22H,1,5,8-13,15,17-19H2,2-3H3. The van der Waals surface area contributed by atoms with E-state index >= 15 is 0 Å². The molecule has 6 nitrogen and oxygen atoms in total. The molecule has 42 heavy (non-hydrogen) atoms. The van der Waals surface area contributed by atoms with Crippen molar-refractivity contribution in [1.82, 2.24) is 14.9 Å². The number of ether oxygens (including phenoxy) is 1. The molecule has 0 N–H and O–H groups in total. The molecule has 0 unspecified atom stereocenters. The van der Waals surface area contributed by atoms with E-state index < -0.39 is 12.8 Å². The van der Waals surface area contributed by atoms with Gasteiger partial charge in [-0.15, -0.1) is 0 Å². The van der Waals surface area contributed by atoms with Crippen LogP contribution in [0.15, 0.2) is 29.8 Å². The van der Waals surface area contributed by atoms with Gasteiger partial charge >= 0.3 is 6.18 Å². The van der Waals surface area contributed by atoms with Crippen LogP contribution in [-0.4, -0.2) is 67.1 Å². The van der Waals surface area contributed by atoms with Gasteiger partial charge < -0.3 is 14.5 Å². The summed E-state index contributed by atoms with van der Waals surface area (Å²) < 4.78 is 47.1. The Morgan fingerprint density at radius 2 is 1.88 bits per heavy atom. The summed E-state index contributed by atoms with van der Waals surface area (Å²) in [6.45, 7) is 8.88. The highest BCUT2D eigenvalue weighted by Gasteiger charge is 2.48. The van der Waals surface area contributed by atoms with Crippen LogP contribution >= 0.6 is 0 Å². The van der Waals surface area contributed by atoms with Gasteiger partial charge in [-0.25, -0.2) is 9.97 Å². The van der Waals surface area contributed by atoms with Gasteiger partial charge in [-0.3, -0.25) is 4.99 Å². The molecule has 3 fully saturated rings. The van der Waals surface area contributed by atoms with Crippen LogP contribution in [0.1, 0.15) is 66.1 Å². The summed E-state index contributed by atoms with van der Waals surface area (Å²) in [7, 11) is 2.11. The van der Waals surface area contributed by atoms with Gasteiger partial charge in [0.25, 0.3) is 0 Å². The number of alkyl halides is 3. The number of nitrogens with zero attached hydrogens (tertiary/aromatic N) is 5. The molecule has 1 aromatic heterocycles. The van der Waals surface area contributed by atoms with Crippen molar-refractivity contribution < 1.29 is 17.9 Å². The molecular weight excluding hydrogens is 539 g/mol. The van der Waals surface area contributed by atoms with Crippen LogP contribution in [0.5, 0.6) is 5.75 Å². The van der Waals surface area contributed by atoms with E-state index in [1.807, 2.05) is 31.3 Å². The Labute approximate surface area is 244 Å². The maximum Gasteiger partial charge on any atom is 0.422 e. The third-order valence-corrected chi connectivity index (χ3v) is 9.70. The second-order valence-electron chi connectivity index (χ2n) is 12.7. The number of aromatic nitrogens is 2. The van der Waals surface area contributed by atoms with Crippen molar-refractivity contribution >= 4 is 29.0 Å². The molecule has 9 heteroatoms. The molecule has 0 radical (unpaired) electrons. The summed E-state index contributed by atoms with van der Waals surface area (Å²) in [5.41, 5.74) is 5.78. The highest BCUT2D eigenvalue weighted by molar-refractivity contribution is 6.06. The molecule has 1 spiro atoms. The summed E-state index contributed by atoms with van der Waals surface area (Å²) in [6.07, 6.45) is 4.51. The lowest BCUT2D eigenvalue weighted by Gasteiger charge is -2.56. The molecule has 1 saturated carbocycles. The van der Waals surface area contributed by atoms with Crippen LogP contribution in [0.2, 0.25) is 0 Å². The Kier molecular flexibility index (Phi) is 6.57. The van der Waals surface area contributed by atoms with Crippen molar-refractivity contribution in [3.8, 4) is 16.9 Å². The molecule has 0 amide bonds. The lowest BCUT2D eigenvalue weighted by Crippen LogP contribution is -2.60. The molecule has 4 heterocycles. The molecule has 220 valence electrons. The minimum Gasteiger partial charge on any atom is -0.481 e. The minimum atomic E-state index is -4.51. The number of anilines is 1. The molecule has 7 rings (SSSR count). The Bertz CT molecular complexity index is 1590. The van der Waals surface area contributed by atoms with Gasteiger partial charge in [-0.1, -0.05) is 31.2 Å². The summed E-state index contributed by atoms with van der Waals surface area (Å²) in [5.74, 6) is 1.78. The smallest absolute Gasteiger partial charge is 0.422 e. The van der Waals surface area contributed by atoms with E-state index in [0.29, 0.717) is 34.4 Å². The normalized spacial score (nSPS) is 20.1. The third-order valence-electron chi connectivity index (χ3n) is 9.70. The van der Waals surface area contributed by atoms with Gasteiger partial charge in [0.05, 0.1) is 6.54 Å². The first-order valence-corrected chi connectivity index (χ1v) is 14.9. The number of halogens is 3. The number of fused-ring (bicyclic) bond motifs is 2. The van der Waals surface area contributed by atoms with Crippen molar-refractivity contribution in [3.63, 3.8) is 0 Å². The van der Waals surface area contributed by atoms with E-state index in [4.69, 9.17) is 14.7 Å². The van der Waals surface area contributed by atoms with Crippen LogP contribution in [-0.2, 0) is 6.54 Å². The topological polar surface area (TPSA) is 53.9 Å². The molecule has 4 aliphatic rings. The SMILES string of the molecule is C=Cc1cc2c(N3CC4(CCC4)C3)nc(C3CCN(C)CC3)nc2c(OCC(F)(F)F)c1-c1c(C)ccc2c1C=NC2. The van der Waals surface area contributed by atoms with Gasteiger partial charge in [0.2, 0.25) is 0 Å². The molecule has 2 saturated heterocycles. The Morgan fingerprint density at radius 3 is 2.55 bits per heavy atom. The number of likely N-dealkylation sites (tertiary alicyclic amines) is 1. The second kappa shape index (κ2) is 10.1. The van der Waals surface area contributed by atoms with Gasteiger partial charge in [-0.05, 0) is 81.1 Å². The summed E-state index contributed by atoms with van der Waals surface area (Å²) in [4.78, 5) is 19.3. The Hall–Kier alpha value is -3.46. The largest absolute Gasteiger partial charge is 0.481 e. The molecule has 3 aromatic rings. The van der Waals surface area contributed by atoms with Crippen molar-refractivity contribution in [2.45, 2.75) is 57.7 Å². The van der Waals surface area contributed by atoms with Crippen molar-refractivity contribution in [3.05, 3.63) is 52.9 Å². The van der Waals surface area contributed by atoms with Crippen LogP contribution < -0.4 is 9.64 Å². The highest BCUT2D eigenvalue weighted by Crippen LogP contribution is 2.52. The van der Waals surface area contributed by atoms with Gasteiger partial charge in [0, 0.05) is 47.2 Å². The fourth-order valence-electron chi connectivity index (χ4n) is 7.19. The monoisotopic (exact) mass is 575 g/mol. The Balaban J connectivity index is 1.48. The fourth-order valence-corrected chi connectivity index (χ4v) is 7.19. The quantitative estimate of drug-likeness (QED) is 0.319. The van der Waals surface area contributed by atoms with Crippen molar-refractivity contribution in [1.29, 1.82) is 0 Å². The zero-order chi connectivity index (χ0) is 29.2. The minimum absolute atomic E-state index is 0.135. The summed E-state index contributed by atoms with van der Waals surface area (Å²) in [6, 6.07) is 6.04. The number of benzene rings is 2. The maximum atomic E-state index is 13.8. The van der Waals surface area contributed by atoms with Crippen LogP contribution in [0.3, 0.4) is 0 Å². The first kappa shape index (κ1) is 27.4. The van der Waals surface area contributed by atoms with Crippen LogP contribution in [0, 0.1) is 12.3 Å². The first-order chi connectivity index (χ1) is 20.1. The number of hydrogen-bond acceptors (Lipinski definition) is 6. The summed E-state index contributed by atoms with van der Waals surface area (Å²) >= 11 is 0. The lowest BCUT2D eigenvalue weighted by atomic mass is 9.63. The number of hydrogen-bond donors (Lipinski definition) is 0. The number of aryl methyl sites for hydroxylation is 1. The van der Waals surface area contributed by atoms with Gasteiger partial charge in [0.1, 0.15) is 17.2 Å². The van der Waals surface area contributed by atoms with E-state index in [9.17, 15) is 13.2 Å². The highest BCUT2D eigenvalue weighted by atomic mass is 19.4. The van der Waals surface area contributed by atoms with Crippen LogP contribution in [0.4, 0.5) is 19.0 Å². The zero-order valence-electron chi connectivity index (χ0n) is 24.2. The average Bonchev–Trinajstić information content (AvgIpc) is 3.38. The molecule has 1 aliphatic carbocycles. The molecule has 3 aliphatic heterocycles. The molecular formula is C33H36F3N5O. The number of piperidine rings is 1. The lowest BCUT2D eigenvalue weighted by molar-refractivity contribution is -0.153. The molecule has 0 bridgehead atoms. The van der Waals surface area contributed by atoms with Crippen molar-refractivity contribution in [2.24, 2.45) is 10.4 Å². The van der Waals surface area contributed by atoms with E-state index in [0.717, 1.165) is 72.5 Å². The predicted molar refractivity (Wildman–Crippen MR) is 161 cm³/mol. The van der Waals surface area contributed by atoms with E-state index in [1.165, 1.54) is 19.3 Å². The molecule has 0 atom stereocenters. The fraction of sp³-hybridized carbons (Fsp3) is 0.485.